The molecule has 6 rings (SSSR count). The van der Waals surface area contributed by atoms with Gasteiger partial charge < -0.3 is 24.1 Å². The van der Waals surface area contributed by atoms with E-state index in [1.54, 1.807) is 30.6 Å². The number of carbonyl (C=O) groups excluding carboxylic acids is 1. The maximum absolute atomic E-state index is 13.7. The summed E-state index contributed by atoms with van der Waals surface area (Å²) in [6.07, 6.45) is 6.02. The fourth-order valence-electron chi connectivity index (χ4n) is 4.76. The molecule has 51 heavy (non-hydrogen) atoms. The molecule has 0 spiro atoms. The lowest BCUT2D eigenvalue weighted by molar-refractivity contribution is 0.104. The number of nitrogens with zero attached hydrogens (tertiary/aromatic N) is 6. The van der Waals surface area contributed by atoms with Gasteiger partial charge in [0, 0.05) is 12.1 Å². The smallest absolute Gasteiger partial charge is 0.193 e. The Kier molecular flexibility index (Phi) is 10.4. The molecule has 2 heterocycles. The van der Waals surface area contributed by atoms with Gasteiger partial charge in [0.2, 0.25) is 0 Å². The number of ketones is 1. The maximum atomic E-state index is 13.7. The van der Waals surface area contributed by atoms with E-state index in [0.29, 0.717) is 39.8 Å². The summed E-state index contributed by atoms with van der Waals surface area (Å²) < 4.78 is 52.7. The molecule has 0 atom stereocenters. The third-order valence-corrected chi connectivity index (χ3v) is 7.90. The van der Waals surface area contributed by atoms with Gasteiger partial charge in [-0.15, -0.1) is 10.2 Å². The van der Waals surface area contributed by atoms with Gasteiger partial charge in [-0.3, -0.25) is 4.79 Å². The summed E-state index contributed by atoms with van der Waals surface area (Å²) in [5.41, 5.74) is 2.40. The number of allylic oxidation sites excluding steroid dienone is 1. The molecule has 4 aromatic carbocycles. The van der Waals surface area contributed by atoms with Gasteiger partial charge in [-0.25, -0.2) is 18.1 Å². The molecular weight excluding hydrogens is 709 g/mol. The molecule has 0 aliphatic rings. The zero-order valence-corrected chi connectivity index (χ0v) is 28.3. The third kappa shape index (κ3) is 8.09. The number of phenols is 1. The standard InChI is InChI=1S/C35H26Cl2F2N6O6/c1-48-25-14-31(47)35(34(15-25)49-2)30(46)9-3-20-4-10-32(50-18-21-16-44(42-40-21)23-5-7-28(38)26(36)12-23)33(11-20)51-19-22-17-45(43-41-22)24-6-8-29(39)27(37)13-24/h3-17,47H,18-19H2,1-2H3/b9-3+. The first-order chi connectivity index (χ1) is 24.6. The van der Waals surface area contributed by atoms with Crippen molar-refractivity contribution in [2.75, 3.05) is 14.2 Å². The maximum Gasteiger partial charge on any atom is 0.193 e. The van der Waals surface area contributed by atoms with Crippen molar-refractivity contribution in [2.24, 2.45) is 0 Å². The minimum atomic E-state index is -0.561. The number of hydrogen-bond donors (Lipinski definition) is 1. The number of carbonyl (C=O) groups is 1. The lowest BCUT2D eigenvalue weighted by Gasteiger charge is -2.12. The average Bonchev–Trinajstić information content (AvgIpc) is 3.81. The summed E-state index contributed by atoms with van der Waals surface area (Å²) in [6, 6.07) is 16.1. The summed E-state index contributed by atoms with van der Waals surface area (Å²) in [5, 5.41) is 26.8. The number of halogens is 4. The van der Waals surface area contributed by atoms with Gasteiger partial charge in [0.15, 0.2) is 17.3 Å². The van der Waals surface area contributed by atoms with Crippen LogP contribution in [0.1, 0.15) is 27.3 Å². The molecule has 0 fully saturated rings. The van der Waals surface area contributed by atoms with Crippen molar-refractivity contribution in [2.45, 2.75) is 13.2 Å². The molecule has 0 unspecified atom stereocenters. The Labute approximate surface area is 299 Å². The number of rotatable bonds is 13. The molecular formula is C35H26Cl2F2N6O6. The molecule has 0 aliphatic heterocycles. The Morgan fingerprint density at radius 3 is 1.90 bits per heavy atom. The molecule has 0 radical (unpaired) electrons. The van der Waals surface area contributed by atoms with Crippen molar-refractivity contribution in [1.29, 1.82) is 0 Å². The van der Waals surface area contributed by atoms with Crippen LogP contribution in [0.5, 0.6) is 28.7 Å². The van der Waals surface area contributed by atoms with Crippen LogP contribution in [0.15, 0.2) is 85.2 Å². The highest BCUT2D eigenvalue weighted by Crippen LogP contribution is 2.35. The van der Waals surface area contributed by atoms with E-state index < -0.39 is 17.4 Å². The van der Waals surface area contributed by atoms with Crippen molar-refractivity contribution in [3.05, 3.63) is 129 Å². The number of hydrogen-bond acceptors (Lipinski definition) is 10. The molecule has 260 valence electrons. The largest absolute Gasteiger partial charge is 0.507 e. The number of ether oxygens (including phenoxy) is 4. The number of benzene rings is 4. The van der Waals surface area contributed by atoms with Crippen LogP contribution in [-0.4, -0.2) is 55.1 Å². The van der Waals surface area contributed by atoms with Gasteiger partial charge in [0.1, 0.15) is 59.0 Å². The lowest BCUT2D eigenvalue weighted by atomic mass is 10.1. The Morgan fingerprint density at radius 1 is 0.765 bits per heavy atom. The first-order valence-corrected chi connectivity index (χ1v) is 15.7. The van der Waals surface area contributed by atoms with Crippen LogP contribution in [-0.2, 0) is 13.2 Å². The van der Waals surface area contributed by atoms with E-state index >= 15 is 0 Å². The molecule has 6 aromatic rings. The zero-order chi connectivity index (χ0) is 36.1. The van der Waals surface area contributed by atoms with Crippen LogP contribution < -0.4 is 18.9 Å². The second kappa shape index (κ2) is 15.3. The van der Waals surface area contributed by atoms with Crippen molar-refractivity contribution in [3.8, 4) is 40.1 Å². The van der Waals surface area contributed by atoms with Crippen LogP contribution in [0.25, 0.3) is 17.5 Å². The number of aromatic hydroxyl groups is 1. The van der Waals surface area contributed by atoms with Crippen molar-refractivity contribution in [1.82, 2.24) is 30.0 Å². The quantitative estimate of drug-likeness (QED) is 0.0958. The van der Waals surface area contributed by atoms with E-state index in [4.69, 9.17) is 42.1 Å². The number of phenolic OH excluding ortho intramolecular Hbond substituents is 1. The molecule has 0 aliphatic carbocycles. The summed E-state index contributed by atoms with van der Waals surface area (Å²) in [5.74, 6) is -0.857. The fraction of sp³-hybridized carbons (Fsp3) is 0.114. The zero-order valence-electron chi connectivity index (χ0n) is 26.8. The van der Waals surface area contributed by atoms with Gasteiger partial charge in [-0.1, -0.05) is 45.8 Å². The van der Waals surface area contributed by atoms with E-state index in [0.717, 1.165) is 0 Å². The molecule has 1 N–H and O–H groups in total. The number of aromatic nitrogens is 6. The van der Waals surface area contributed by atoms with E-state index in [2.05, 4.69) is 20.6 Å². The van der Waals surface area contributed by atoms with Gasteiger partial charge in [-0.2, -0.15) is 0 Å². The normalized spacial score (nSPS) is 11.2. The summed E-state index contributed by atoms with van der Waals surface area (Å²) in [6.45, 7) is -0.0627. The number of methoxy groups -OCH3 is 2. The predicted molar refractivity (Wildman–Crippen MR) is 182 cm³/mol. The van der Waals surface area contributed by atoms with Crippen LogP contribution in [0.4, 0.5) is 8.78 Å². The summed E-state index contributed by atoms with van der Waals surface area (Å²) >= 11 is 11.8. The Bertz CT molecular complexity index is 2260. The highest BCUT2D eigenvalue weighted by Gasteiger charge is 2.18. The van der Waals surface area contributed by atoms with E-state index in [-0.39, 0.29) is 46.1 Å². The summed E-state index contributed by atoms with van der Waals surface area (Å²) in [4.78, 5) is 13.1. The van der Waals surface area contributed by atoms with Crippen molar-refractivity contribution < 1.29 is 37.6 Å². The van der Waals surface area contributed by atoms with E-state index in [9.17, 15) is 18.7 Å². The topological polar surface area (TPSA) is 136 Å². The molecule has 0 saturated heterocycles. The molecule has 16 heteroatoms. The second-order valence-electron chi connectivity index (χ2n) is 10.7. The lowest BCUT2D eigenvalue weighted by Crippen LogP contribution is -2.02. The Hall–Kier alpha value is -5.99. The highest BCUT2D eigenvalue weighted by atomic mass is 35.5. The molecule has 12 nitrogen and oxygen atoms in total. The minimum Gasteiger partial charge on any atom is -0.507 e. The predicted octanol–water partition coefficient (Wildman–Crippen LogP) is 7.21. The second-order valence-corrected chi connectivity index (χ2v) is 11.5. The van der Waals surface area contributed by atoms with Crippen LogP contribution in [0, 0.1) is 11.6 Å². The van der Waals surface area contributed by atoms with Gasteiger partial charge in [-0.05, 0) is 60.2 Å². The average molecular weight is 736 g/mol. The first kappa shape index (κ1) is 34.9. The van der Waals surface area contributed by atoms with Crippen LogP contribution >= 0.6 is 23.2 Å². The van der Waals surface area contributed by atoms with Crippen LogP contribution in [0.2, 0.25) is 10.0 Å². The highest BCUT2D eigenvalue weighted by molar-refractivity contribution is 6.31. The monoisotopic (exact) mass is 734 g/mol. The minimum absolute atomic E-state index is 0.0169. The Morgan fingerprint density at radius 2 is 1.35 bits per heavy atom. The first-order valence-electron chi connectivity index (χ1n) is 14.9. The molecule has 0 bridgehead atoms. The van der Waals surface area contributed by atoms with Crippen LogP contribution in [0.3, 0.4) is 0 Å². The van der Waals surface area contributed by atoms with Crippen molar-refractivity contribution in [3.63, 3.8) is 0 Å². The molecule has 2 aromatic heterocycles. The molecule has 0 saturated carbocycles. The summed E-state index contributed by atoms with van der Waals surface area (Å²) in [7, 11) is 2.81. The van der Waals surface area contributed by atoms with Crippen molar-refractivity contribution >= 4 is 35.1 Å². The van der Waals surface area contributed by atoms with Gasteiger partial charge in [0.25, 0.3) is 0 Å². The SMILES string of the molecule is COc1cc(O)c(C(=O)/C=C/c2ccc(OCc3cn(-c4ccc(F)c(Cl)c4)nn3)c(OCc3cn(-c4ccc(F)c(Cl)c4)nn3)c2)c(OC)c1. The van der Waals surface area contributed by atoms with E-state index in [1.807, 2.05) is 0 Å². The van der Waals surface area contributed by atoms with Gasteiger partial charge in [0.05, 0.1) is 48.0 Å². The molecule has 0 amide bonds. The Balaban J connectivity index is 1.23. The van der Waals surface area contributed by atoms with Gasteiger partial charge >= 0.3 is 0 Å². The fourth-order valence-corrected chi connectivity index (χ4v) is 5.11. The third-order valence-electron chi connectivity index (χ3n) is 7.32. The van der Waals surface area contributed by atoms with E-state index in [1.165, 1.54) is 84.3 Å².